The molecular weight excluding hydrogens is 368 g/mol. The van der Waals surface area contributed by atoms with Crippen LogP contribution < -0.4 is 0 Å². The molecule has 0 radical (unpaired) electrons. The summed E-state index contributed by atoms with van der Waals surface area (Å²) in [7, 11) is 0. The average molecular weight is 419 g/mol. The van der Waals surface area contributed by atoms with Crippen molar-refractivity contribution in [3.63, 3.8) is 0 Å². The quantitative estimate of drug-likeness (QED) is 0.176. The molecule has 0 aromatic carbocycles. The Balaban J connectivity index is 1.05. The van der Waals surface area contributed by atoms with Gasteiger partial charge in [0.15, 0.2) is 0 Å². The topological polar surface area (TPSA) is 0 Å². The maximum atomic E-state index is 4.10. The van der Waals surface area contributed by atoms with Gasteiger partial charge < -0.3 is 0 Å². The van der Waals surface area contributed by atoms with E-state index < -0.39 is 0 Å². The smallest absolute Gasteiger partial charge is 0.0290 e. The maximum absolute atomic E-state index is 4.10. The van der Waals surface area contributed by atoms with Crippen LogP contribution in [0.5, 0.6) is 0 Å². The van der Waals surface area contributed by atoms with Crippen molar-refractivity contribution < 1.29 is 0 Å². The standard InChI is InChI=1S/C28H50S/c29-18-16-14-12-10-8-6-4-2-1-3-5-7-9-11-13-15-17-28-22-25-19-26(23-28)21-27(20-25)24-28/h16,18,25-27,29H,1-15,17,19-24H2. The molecule has 4 fully saturated rings. The second kappa shape index (κ2) is 13.5. The lowest BCUT2D eigenvalue weighted by molar-refractivity contribution is -0.0583. The van der Waals surface area contributed by atoms with Crippen LogP contribution in [0.25, 0.3) is 0 Å². The number of hydrogen-bond donors (Lipinski definition) is 1. The molecule has 0 aliphatic heterocycles. The first kappa shape index (κ1) is 23.7. The van der Waals surface area contributed by atoms with Crippen molar-refractivity contribution in [1.82, 2.24) is 0 Å². The summed E-state index contributed by atoms with van der Waals surface area (Å²) in [6.45, 7) is 0. The Morgan fingerprint density at radius 3 is 1.34 bits per heavy atom. The highest BCUT2D eigenvalue weighted by Gasteiger charge is 2.50. The van der Waals surface area contributed by atoms with E-state index in [0.29, 0.717) is 0 Å². The molecule has 4 rings (SSSR count). The van der Waals surface area contributed by atoms with Crippen molar-refractivity contribution in [2.75, 3.05) is 0 Å². The van der Waals surface area contributed by atoms with Crippen LogP contribution >= 0.6 is 12.6 Å². The summed E-state index contributed by atoms with van der Waals surface area (Å²) >= 11 is 4.10. The van der Waals surface area contributed by atoms with Gasteiger partial charge >= 0.3 is 0 Å². The number of unbranched alkanes of at least 4 members (excludes halogenated alkanes) is 14. The second-order valence-electron chi connectivity index (χ2n) is 11.3. The van der Waals surface area contributed by atoms with E-state index in [4.69, 9.17) is 0 Å². The SMILES string of the molecule is SC=CCCCCCCCCCCCCCCCCC12CC3CC(CC(C3)C1)C2. The zero-order valence-electron chi connectivity index (χ0n) is 19.4. The molecular formula is C28H50S. The zero-order valence-corrected chi connectivity index (χ0v) is 20.3. The maximum Gasteiger partial charge on any atom is -0.0290 e. The fourth-order valence-corrected chi connectivity index (χ4v) is 7.70. The van der Waals surface area contributed by atoms with Gasteiger partial charge in [-0.1, -0.05) is 89.5 Å². The number of rotatable bonds is 17. The summed E-state index contributed by atoms with van der Waals surface area (Å²) < 4.78 is 0. The molecule has 0 aromatic rings. The van der Waals surface area contributed by atoms with Crippen LogP contribution in [0.15, 0.2) is 11.5 Å². The van der Waals surface area contributed by atoms with Gasteiger partial charge in [-0.25, -0.2) is 0 Å². The highest BCUT2D eigenvalue weighted by molar-refractivity contribution is 7.83. The summed E-state index contributed by atoms with van der Waals surface area (Å²) in [4.78, 5) is 0. The fourth-order valence-electron chi connectivity index (χ4n) is 7.55. The van der Waals surface area contributed by atoms with Gasteiger partial charge in [0, 0.05) is 0 Å². The Bertz CT molecular complexity index is 416. The summed E-state index contributed by atoms with van der Waals surface area (Å²) in [5.41, 5.74) is 0.832. The lowest BCUT2D eigenvalue weighted by Crippen LogP contribution is -2.45. The summed E-state index contributed by atoms with van der Waals surface area (Å²) in [6.07, 6.45) is 35.2. The molecule has 168 valence electrons. The molecule has 0 heterocycles. The molecule has 0 amide bonds. The number of hydrogen-bond acceptors (Lipinski definition) is 1. The van der Waals surface area contributed by atoms with Crippen LogP contribution in [-0.4, -0.2) is 0 Å². The monoisotopic (exact) mass is 418 g/mol. The van der Waals surface area contributed by atoms with E-state index in [-0.39, 0.29) is 0 Å². The first-order valence-corrected chi connectivity index (χ1v) is 14.1. The minimum atomic E-state index is 0.832. The molecule has 0 unspecified atom stereocenters. The molecule has 4 aliphatic rings. The third-order valence-corrected chi connectivity index (χ3v) is 8.81. The predicted octanol–water partition coefficient (Wildman–Crippen LogP) is 9.89. The van der Waals surface area contributed by atoms with Gasteiger partial charge in [-0.15, -0.1) is 0 Å². The fraction of sp³-hybridized carbons (Fsp3) is 0.929. The molecule has 4 bridgehead atoms. The van der Waals surface area contributed by atoms with E-state index >= 15 is 0 Å². The molecule has 4 saturated carbocycles. The molecule has 0 N–H and O–H groups in total. The molecule has 0 saturated heterocycles. The summed E-state index contributed by atoms with van der Waals surface area (Å²) in [5, 5.41) is 1.88. The Morgan fingerprint density at radius 2 is 0.931 bits per heavy atom. The molecule has 4 aliphatic carbocycles. The van der Waals surface area contributed by atoms with Crippen LogP contribution in [0.3, 0.4) is 0 Å². The Kier molecular flexibility index (Phi) is 11.0. The van der Waals surface area contributed by atoms with E-state index in [1.807, 2.05) is 5.41 Å². The molecule has 29 heavy (non-hydrogen) atoms. The van der Waals surface area contributed by atoms with Gasteiger partial charge in [-0.2, -0.15) is 12.6 Å². The Labute approximate surface area is 188 Å². The van der Waals surface area contributed by atoms with Gasteiger partial charge in [-0.3, -0.25) is 0 Å². The van der Waals surface area contributed by atoms with E-state index in [1.165, 1.54) is 96.3 Å². The summed E-state index contributed by atoms with van der Waals surface area (Å²) in [5.74, 6) is 3.42. The van der Waals surface area contributed by atoms with Crippen LogP contribution in [0, 0.1) is 23.2 Å². The third kappa shape index (κ3) is 8.62. The van der Waals surface area contributed by atoms with Gasteiger partial charge in [0.05, 0.1) is 0 Å². The lowest BCUT2D eigenvalue weighted by atomic mass is 9.48. The van der Waals surface area contributed by atoms with Crippen molar-refractivity contribution in [1.29, 1.82) is 0 Å². The first-order valence-electron chi connectivity index (χ1n) is 13.6. The average Bonchev–Trinajstić information content (AvgIpc) is 2.69. The van der Waals surface area contributed by atoms with Crippen LogP contribution in [0.2, 0.25) is 0 Å². The zero-order chi connectivity index (χ0) is 20.2. The van der Waals surface area contributed by atoms with Crippen molar-refractivity contribution in [2.45, 2.75) is 141 Å². The van der Waals surface area contributed by atoms with Gasteiger partial charge in [0.2, 0.25) is 0 Å². The normalized spacial score (nSPS) is 30.6. The van der Waals surface area contributed by atoms with Gasteiger partial charge in [0.1, 0.15) is 0 Å². The largest absolute Gasteiger partial charge is 0.152 e. The van der Waals surface area contributed by atoms with Crippen LogP contribution in [0.1, 0.15) is 141 Å². The highest BCUT2D eigenvalue weighted by Crippen LogP contribution is 2.61. The highest BCUT2D eigenvalue weighted by atomic mass is 32.1. The molecule has 0 nitrogen and oxygen atoms in total. The molecule has 0 spiro atoms. The molecule has 0 atom stereocenters. The van der Waals surface area contributed by atoms with Crippen molar-refractivity contribution in [2.24, 2.45) is 23.2 Å². The van der Waals surface area contributed by atoms with Crippen molar-refractivity contribution in [3.8, 4) is 0 Å². The van der Waals surface area contributed by atoms with Crippen molar-refractivity contribution in [3.05, 3.63) is 11.5 Å². The van der Waals surface area contributed by atoms with E-state index in [2.05, 4.69) is 18.7 Å². The van der Waals surface area contributed by atoms with Crippen LogP contribution in [0.4, 0.5) is 0 Å². The molecule has 1 heteroatoms. The first-order chi connectivity index (χ1) is 14.3. The van der Waals surface area contributed by atoms with E-state index in [1.54, 1.807) is 44.9 Å². The number of allylic oxidation sites excluding steroid dienone is 1. The van der Waals surface area contributed by atoms with Crippen LogP contribution in [-0.2, 0) is 0 Å². The second-order valence-corrected chi connectivity index (χ2v) is 11.6. The van der Waals surface area contributed by atoms with Crippen molar-refractivity contribution >= 4 is 12.6 Å². The summed E-state index contributed by atoms with van der Waals surface area (Å²) in [6, 6.07) is 0. The number of thiol groups is 1. The Hall–Kier alpha value is 0.0900. The lowest BCUT2D eigenvalue weighted by Gasteiger charge is -2.57. The predicted molar refractivity (Wildman–Crippen MR) is 133 cm³/mol. The van der Waals surface area contributed by atoms with Gasteiger partial charge in [-0.05, 0) is 86.4 Å². The minimum Gasteiger partial charge on any atom is -0.152 e. The third-order valence-electron chi connectivity index (χ3n) is 8.60. The minimum absolute atomic E-state index is 0.832. The van der Waals surface area contributed by atoms with E-state index in [0.717, 1.165) is 23.2 Å². The van der Waals surface area contributed by atoms with Gasteiger partial charge in [0.25, 0.3) is 0 Å². The van der Waals surface area contributed by atoms with E-state index in [9.17, 15) is 0 Å². The Morgan fingerprint density at radius 1 is 0.552 bits per heavy atom. The molecule has 0 aromatic heterocycles.